The molecule has 19 heteroatoms. The van der Waals surface area contributed by atoms with E-state index >= 15 is 0 Å². The molecule has 5 atom stereocenters. The molecule has 0 spiro atoms. The van der Waals surface area contributed by atoms with E-state index in [2.05, 4.69) is 27.7 Å². The second-order valence-corrected chi connectivity index (χ2v) is 26.8. The molecule has 0 fully saturated rings. The van der Waals surface area contributed by atoms with Gasteiger partial charge in [0.15, 0.2) is 12.2 Å². The molecule has 17 nitrogen and oxygen atoms in total. The van der Waals surface area contributed by atoms with Crippen molar-refractivity contribution in [3.8, 4) is 0 Å². The zero-order valence-electron chi connectivity index (χ0n) is 54.6. The fourth-order valence-electron chi connectivity index (χ4n) is 9.99. The number of unbranched alkanes of at least 4 members (excludes halogenated alkanes) is 41. The maximum Gasteiger partial charge on any atom is 0.472 e. The third-order valence-corrected chi connectivity index (χ3v) is 17.3. The van der Waals surface area contributed by atoms with Crippen molar-refractivity contribution >= 4 is 39.5 Å². The molecule has 0 radical (unpaired) electrons. The van der Waals surface area contributed by atoms with Gasteiger partial charge in [-0.3, -0.25) is 37.3 Å². The van der Waals surface area contributed by atoms with Crippen LogP contribution >= 0.6 is 15.6 Å². The van der Waals surface area contributed by atoms with Crippen LogP contribution in [0.25, 0.3) is 0 Å². The number of esters is 4. The second-order valence-electron chi connectivity index (χ2n) is 23.9. The number of carbonyl (C=O) groups excluding carboxylic acids is 4. The smallest absolute Gasteiger partial charge is 0.462 e. The predicted molar refractivity (Wildman–Crippen MR) is 340 cm³/mol. The second kappa shape index (κ2) is 60.9. The van der Waals surface area contributed by atoms with Crippen molar-refractivity contribution in [1.82, 2.24) is 0 Å². The molecule has 504 valence electrons. The molecule has 0 aromatic rings. The summed E-state index contributed by atoms with van der Waals surface area (Å²) in [6.45, 7) is 4.77. The van der Waals surface area contributed by atoms with Gasteiger partial charge in [-0.05, 0) is 25.7 Å². The zero-order valence-corrected chi connectivity index (χ0v) is 56.4. The van der Waals surface area contributed by atoms with Crippen LogP contribution in [0.5, 0.6) is 0 Å². The molecule has 0 saturated heterocycles. The average molecular weight is 1260 g/mol. The Balaban J connectivity index is 5.03. The first-order valence-corrected chi connectivity index (χ1v) is 37.8. The molecule has 0 rings (SSSR count). The fourth-order valence-corrected chi connectivity index (χ4v) is 11.6. The van der Waals surface area contributed by atoms with Crippen LogP contribution in [0.4, 0.5) is 0 Å². The van der Waals surface area contributed by atoms with Gasteiger partial charge in [0.1, 0.15) is 19.3 Å². The van der Waals surface area contributed by atoms with Crippen molar-refractivity contribution < 1.29 is 80.2 Å². The molecule has 0 aliphatic carbocycles. The van der Waals surface area contributed by atoms with Gasteiger partial charge in [-0.25, -0.2) is 9.13 Å². The summed E-state index contributed by atoms with van der Waals surface area (Å²) in [5, 5.41) is 10.5. The van der Waals surface area contributed by atoms with Gasteiger partial charge in [-0.15, -0.1) is 0 Å². The lowest BCUT2D eigenvalue weighted by Gasteiger charge is -2.21. The van der Waals surface area contributed by atoms with Crippen LogP contribution in [0.3, 0.4) is 0 Å². The highest BCUT2D eigenvalue weighted by Crippen LogP contribution is 2.45. The summed E-state index contributed by atoms with van der Waals surface area (Å²) in [5.41, 5.74) is 0. The molecule has 85 heavy (non-hydrogen) atoms. The largest absolute Gasteiger partial charge is 0.472 e. The van der Waals surface area contributed by atoms with Crippen molar-refractivity contribution in [2.75, 3.05) is 39.6 Å². The van der Waals surface area contributed by atoms with E-state index in [4.69, 9.17) is 37.0 Å². The summed E-state index contributed by atoms with van der Waals surface area (Å²) in [6, 6.07) is 0. The normalized spacial score (nSPS) is 14.1. The van der Waals surface area contributed by atoms with Gasteiger partial charge in [0.05, 0.1) is 26.4 Å². The number of hydrogen-bond acceptors (Lipinski definition) is 15. The van der Waals surface area contributed by atoms with Gasteiger partial charge >= 0.3 is 39.5 Å². The monoisotopic (exact) mass is 1250 g/mol. The van der Waals surface area contributed by atoms with Gasteiger partial charge in [0, 0.05) is 25.7 Å². The van der Waals surface area contributed by atoms with Gasteiger partial charge in [0.25, 0.3) is 0 Å². The predicted octanol–water partition coefficient (Wildman–Crippen LogP) is 18.7. The highest BCUT2D eigenvalue weighted by molar-refractivity contribution is 7.47. The fraction of sp³-hybridized carbons (Fsp3) is 0.939. The summed E-state index contributed by atoms with van der Waals surface area (Å²) in [6.07, 6.45) is 48.0. The van der Waals surface area contributed by atoms with Crippen LogP contribution in [0.1, 0.15) is 342 Å². The van der Waals surface area contributed by atoms with E-state index < -0.39 is 97.5 Å². The van der Waals surface area contributed by atoms with Crippen LogP contribution in [0.15, 0.2) is 0 Å². The lowest BCUT2D eigenvalue weighted by Crippen LogP contribution is -2.30. The van der Waals surface area contributed by atoms with Crippen molar-refractivity contribution in [3.63, 3.8) is 0 Å². The molecule has 0 bridgehead atoms. The van der Waals surface area contributed by atoms with E-state index in [1.807, 2.05) is 0 Å². The third kappa shape index (κ3) is 60.7. The van der Waals surface area contributed by atoms with Gasteiger partial charge in [0.2, 0.25) is 0 Å². The van der Waals surface area contributed by atoms with Gasteiger partial charge in [-0.2, -0.15) is 0 Å². The number of aliphatic hydroxyl groups is 1. The molecule has 0 aliphatic heterocycles. The Hall–Kier alpha value is -1.94. The number of rotatable bonds is 67. The Kier molecular flexibility index (Phi) is 59.6. The molecule has 2 unspecified atom stereocenters. The van der Waals surface area contributed by atoms with Crippen LogP contribution in [0, 0.1) is 0 Å². The van der Waals surface area contributed by atoms with Crippen LogP contribution in [0.2, 0.25) is 0 Å². The van der Waals surface area contributed by atoms with Crippen LogP contribution in [-0.4, -0.2) is 96.7 Å². The van der Waals surface area contributed by atoms with E-state index in [1.165, 1.54) is 154 Å². The van der Waals surface area contributed by atoms with Crippen molar-refractivity contribution in [2.45, 2.75) is 361 Å². The summed E-state index contributed by atoms with van der Waals surface area (Å²) >= 11 is 0. The molecule has 0 aromatic carbocycles. The van der Waals surface area contributed by atoms with Crippen molar-refractivity contribution in [3.05, 3.63) is 0 Å². The van der Waals surface area contributed by atoms with E-state index in [-0.39, 0.29) is 25.7 Å². The molecule has 0 saturated carbocycles. The Bertz CT molecular complexity index is 1640. The van der Waals surface area contributed by atoms with E-state index in [0.717, 1.165) is 109 Å². The molecular formula is C66H128O17P2. The highest BCUT2D eigenvalue weighted by atomic mass is 31.2. The lowest BCUT2D eigenvalue weighted by molar-refractivity contribution is -0.161. The molecule has 3 N–H and O–H groups in total. The minimum Gasteiger partial charge on any atom is -0.462 e. The lowest BCUT2D eigenvalue weighted by atomic mass is 10.0. The number of ether oxygens (including phenoxy) is 4. The van der Waals surface area contributed by atoms with E-state index in [9.17, 15) is 43.2 Å². The third-order valence-electron chi connectivity index (χ3n) is 15.4. The number of phosphoric acid groups is 2. The Labute approximate surface area is 517 Å². The van der Waals surface area contributed by atoms with Crippen LogP contribution in [-0.2, 0) is 65.4 Å². The quantitative estimate of drug-likeness (QED) is 0.0222. The number of aliphatic hydroxyl groups excluding tert-OH is 1. The molecule has 0 aromatic heterocycles. The topological polar surface area (TPSA) is 237 Å². The van der Waals surface area contributed by atoms with E-state index in [0.29, 0.717) is 25.7 Å². The minimum atomic E-state index is -4.94. The Morgan fingerprint density at radius 1 is 0.282 bits per heavy atom. The standard InChI is InChI=1S/C66H128O17P2/c1-5-9-13-17-20-22-24-25-26-27-28-29-30-31-32-33-34-36-38-41-45-49-53-66(71)83-62(57-77-64(69)51-47-43-40-37-35-23-21-18-14-10-6-2)59-81-85(74,75)79-55-60(67)54-78-84(72,73)80-58-61(56-76-63(68)50-46-42-16-12-8-4)82-65(70)52-48-44-39-19-15-11-7-3/h60-62,67H,5-59H2,1-4H3,(H,72,73)(H,74,75)/t60-,61+,62+/m0/s1. The Morgan fingerprint density at radius 3 is 0.694 bits per heavy atom. The van der Waals surface area contributed by atoms with Gasteiger partial charge in [-0.1, -0.05) is 291 Å². The maximum atomic E-state index is 13.0. The molecule has 0 amide bonds. The number of carbonyl (C=O) groups is 4. The van der Waals surface area contributed by atoms with Crippen LogP contribution < -0.4 is 0 Å². The average Bonchev–Trinajstić information content (AvgIpc) is 3.52. The van der Waals surface area contributed by atoms with Crippen molar-refractivity contribution in [1.29, 1.82) is 0 Å². The highest BCUT2D eigenvalue weighted by Gasteiger charge is 2.30. The Morgan fingerprint density at radius 2 is 0.471 bits per heavy atom. The SMILES string of the molecule is CCCCCCCCCCCCCCCCCCCCCCCCC(=O)O[C@H](COC(=O)CCCCCCCCCCCCC)COP(=O)(O)OC[C@@H](O)COP(=O)(O)OC[C@@H](COC(=O)CCCCCCC)OC(=O)CCCCCCCCC. The van der Waals surface area contributed by atoms with E-state index in [1.54, 1.807) is 0 Å². The number of hydrogen-bond donors (Lipinski definition) is 3. The first-order valence-electron chi connectivity index (χ1n) is 34.8. The summed E-state index contributed by atoms with van der Waals surface area (Å²) in [4.78, 5) is 71.8. The molecule has 0 heterocycles. The van der Waals surface area contributed by atoms with Gasteiger partial charge < -0.3 is 33.8 Å². The summed E-state index contributed by atoms with van der Waals surface area (Å²) < 4.78 is 67.7. The first kappa shape index (κ1) is 83.1. The zero-order chi connectivity index (χ0) is 62.6. The first-order chi connectivity index (χ1) is 41.2. The minimum absolute atomic E-state index is 0.103. The summed E-state index contributed by atoms with van der Waals surface area (Å²) in [7, 11) is -9.87. The number of phosphoric ester groups is 2. The maximum absolute atomic E-state index is 13.0. The molecular weight excluding hydrogens is 1130 g/mol. The van der Waals surface area contributed by atoms with Crippen molar-refractivity contribution in [2.24, 2.45) is 0 Å². The summed E-state index contributed by atoms with van der Waals surface area (Å²) in [5.74, 6) is -2.15. The molecule has 0 aliphatic rings.